The van der Waals surface area contributed by atoms with Crippen molar-refractivity contribution in [3.63, 3.8) is 0 Å². The van der Waals surface area contributed by atoms with E-state index in [1.54, 1.807) is 13.8 Å². The highest BCUT2D eigenvalue weighted by Crippen LogP contribution is 2.05. The van der Waals surface area contributed by atoms with E-state index in [1.165, 1.54) is 4.90 Å². The third-order valence-electron chi connectivity index (χ3n) is 2.58. The van der Waals surface area contributed by atoms with Crippen molar-refractivity contribution in [3.8, 4) is 6.07 Å². The Bertz CT molecular complexity index is 348. The zero-order valence-electron chi connectivity index (χ0n) is 12.0. The van der Waals surface area contributed by atoms with Crippen molar-refractivity contribution in [2.75, 3.05) is 13.1 Å². The molecular weight excluding hydrogens is 246 g/mol. The molecule has 0 aliphatic rings. The van der Waals surface area contributed by atoms with E-state index < -0.39 is 18.0 Å². The van der Waals surface area contributed by atoms with Crippen LogP contribution in [0.5, 0.6) is 0 Å². The summed E-state index contributed by atoms with van der Waals surface area (Å²) in [6.45, 7) is 8.21. The second-order valence-electron chi connectivity index (χ2n) is 5.26. The molecule has 0 aliphatic carbocycles. The zero-order chi connectivity index (χ0) is 15.0. The number of carboxylic acid groups (broad SMARTS) is 1. The highest BCUT2D eigenvalue weighted by molar-refractivity contribution is 5.82. The van der Waals surface area contributed by atoms with Gasteiger partial charge in [-0.25, -0.2) is 9.59 Å². The molecule has 2 N–H and O–H groups in total. The monoisotopic (exact) mass is 269 g/mol. The molecular formula is C13H23N3O3. The molecule has 0 aromatic carbocycles. The Morgan fingerprint density at radius 3 is 2.26 bits per heavy atom. The van der Waals surface area contributed by atoms with Gasteiger partial charge in [0.15, 0.2) is 0 Å². The van der Waals surface area contributed by atoms with Gasteiger partial charge in [-0.1, -0.05) is 27.7 Å². The van der Waals surface area contributed by atoms with Crippen molar-refractivity contribution < 1.29 is 14.7 Å². The van der Waals surface area contributed by atoms with Gasteiger partial charge >= 0.3 is 12.0 Å². The predicted octanol–water partition coefficient (Wildman–Crippen LogP) is 1.68. The lowest BCUT2D eigenvalue weighted by Crippen LogP contribution is -2.51. The summed E-state index contributed by atoms with van der Waals surface area (Å²) in [5, 5.41) is 20.1. The van der Waals surface area contributed by atoms with Gasteiger partial charge in [0.1, 0.15) is 6.04 Å². The molecule has 0 aliphatic heterocycles. The van der Waals surface area contributed by atoms with Crippen LogP contribution in [0.4, 0.5) is 4.79 Å². The second kappa shape index (κ2) is 8.35. The molecule has 0 fully saturated rings. The number of carbonyl (C=O) groups is 2. The fourth-order valence-corrected chi connectivity index (χ4v) is 1.64. The van der Waals surface area contributed by atoms with Crippen LogP contribution in [0, 0.1) is 23.2 Å². The predicted molar refractivity (Wildman–Crippen MR) is 71.4 cm³/mol. The van der Waals surface area contributed by atoms with E-state index in [2.05, 4.69) is 5.32 Å². The molecule has 6 nitrogen and oxygen atoms in total. The number of nitrogens with zero attached hydrogens (tertiary/aromatic N) is 2. The Kier molecular flexibility index (Phi) is 7.57. The van der Waals surface area contributed by atoms with Crippen molar-refractivity contribution in [2.45, 2.75) is 40.2 Å². The van der Waals surface area contributed by atoms with Crippen LogP contribution in [0.2, 0.25) is 0 Å². The third-order valence-corrected chi connectivity index (χ3v) is 2.58. The maximum absolute atomic E-state index is 12.0. The number of nitriles is 1. The molecule has 0 spiro atoms. The van der Waals surface area contributed by atoms with Crippen LogP contribution >= 0.6 is 0 Å². The van der Waals surface area contributed by atoms with Gasteiger partial charge in [0.2, 0.25) is 0 Å². The van der Waals surface area contributed by atoms with Gasteiger partial charge < -0.3 is 15.3 Å². The van der Waals surface area contributed by atoms with Crippen molar-refractivity contribution in [1.82, 2.24) is 10.2 Å². The smallest absolute Gasteiger partial charge is 0.326 e. The Morgan fingerprint density at radius 2 is 1.89 bits per heavy atom. The lowest BCUT2D eigenvalue weighted by molar-refractivity contribution is -0.140. The summed E-state index contributed by atoms with van der Waals surface area (Å²) in [4.78, 5) is 24.6. The minimum Gasteiger partial charge on any atom is -0.480 e. The van der Waals surface area contributed by atoms with Gasteiger partial charge in [0.25, 0.3) is 0 Å². The quantitative estimate of drug-likeness (QED) is 0.735. The van der Waals surface area contributed by atoms with E-state index >= 15 is 0 Å². The Balaban J connectivity index is 4.69. The minimum atomic E-state index is -1.05. The van der Waals surface area contributed by atoms with E-state index in [1.807, 2.05) is 19.9 Å². The number of aliphatic carboxylic acids is 1. The zero-order valence-corrected chi connectivity index (χ0v) is 12.0. The molecule has 0 aromatic rings. The number of hydrogen-bond acceptors (Lipinski definition) is 3. The molecule has 0 saturated heterocycles. The number of amides is 2. The number of nitrogens with one attached hydrogen (secondary N) is 1. The van der Waals surface area contributed by atoms with E-state index in [0.29, 0.717) is 13.1 Å². The molecule has 0 heterocycles. The van der Waals surface area contributed by atoms with Crippen molar-refractivity contribution in [2.24, 2.45) is 11.8 Å². The molecule has 2 amide bonds. The van der Waals surface area contributed by atoms with Gasteiger partial charge in [-0.2, -0.15) is 5.26 Å². The van der Waals surface area contributed by atoms with E-state index in [9.17, 15) is 9.59 Å². The molecule has 0 aromatic heterocycles. The largest absolute Gasteiger partial charge is 0.480 e. The van der Waals surface area contributed by atoms with Crippen LogP contribution < -0.4 is 5.32 Å². The lowest BCUT2D eigenvalue weighted by Gasteiger charge is -2.27. The van der Waals surface area contributed by atoms with Crippen LogP contribution in [0.25, 0.3) is 0 Å². The topological polar surface area (TPSA) is 93.4 Å². The highest BCUT2D eigenvalue weighted by Gasteiger charge is 2.25. The average Bonchev–Trinajstić information content (AvgIpc) is 2.29. The van der Waals surface area contributed by atoms with Crippen LogP contribution in [0.3, 0.4) is 0 Å². The lowest BCUT2D eigenvalue weighted by atomic mass is 10.1. The second-order valence-corrected chi connectivity index (χ2v) is 5.26. The van der Waals surface area contributed by atoms with E-state index in [-0.39, 0.29) is 18.3 Å². The fourth-order valence-electron chi connectivity index (χ4n) is 1.64. The summed E-state index contributed by atoms with van der Waals surface area (Å²) in [6, 6.07) is 0.649. The van der Waals surface area contributed by atoms with Crippen molar-refractivity contribution in [1.29, 1.82) is 5.26 Å². The Morgan fingerprint density at radius 1 is 1.32 bits per heavy atom. The first-order chi connectivity index (χ1) is 8.79. The van der Waals surface area contributed by atoms with Gasteiger partial charge in [-0.3, -0.25) is 0 Å². The Hall–Kier alpha value is -1.77. The third kappa shape index (κ3) is 6.65. The number of carbonyl (C=O) groups excluding carboxylic acids is 1. The molecule has 1 unspecified atom stereocenters. The Labute approximate surface area is 114 Å². The standard InChI is InChI=1S/C13H23N3O3/c1-9(2)8-16(7-5-6-14)13(19)15-11(10(3)4)12(17)18/h9-11H,5,7-8H2,1-4H3,(H,15,19)(H,17,18). The van der Waals surface area contributed by atoms with E-state index in [4.69, 9.17) is 10.4 Å². The molecule has 0 saturated carbocycles. The number of hydrogen-bond donors (Lipinski definition) is 2. The minimum absolute atomic E-state index is 0.196. The molecule has 19 heavy (non-hydrogen) atoms. The van der Waals surface area contributed by atoms with Crippen molar-refractivity contribution in [3.05, 3.63) is 0 Å². The first-order valence-electron chi connectivity index (χ1n) is 6.44. The molecule has 0 rings (SSSR count). The summed E-state index contributed by atoms with van der Waals surface area (Å²) in [5.74, 6) is -0.988. The van der Waals surface area contributed by atoms with Gasteiger partial charge in [-0.05, 0) is 11.8 Å². The van der Waals surface area contributed by atoms with E-state index in [0.717, 1.165) is 0 Å². The molecule has 1 atom stereocenters. The summed E-state index contributed by atoms with van der Waals surface area (Å²) < 4.78 is 0. The maximum Gasteiger partial charge on any atom is 0.326 e. The SMILES string of the molecule is CC(C)CN(CCC#N)C(=O)NC(C(=O)O)C(C)C. The van der Waals surface area contributed by atoms with Crippen molar-refractivity contribution >= 4 is 12.0 Å². The average molecular weight is 269 g/mol. The summed E-state index contributed by atoms with van der Waals surface area (Å²) >= 11 is 0. The fraction of sp³-hybridized carbons (Fsp3) is 0.769. The number of rotatable bonds is 7. The van der Waals surface area contributed by atoms with Gasteiger partial charge in [-0.15, -0.1) is 0 Å². The summed E-state index contributed by atoms with van der Waals surface area (Å²) in [6.07, 6.45) is 0.236. The first-order valence-corrected chi connectivity index (χ1v) is 6.44. The molecule has 0 bridgehead atoms. The van der Waals surface area contributed by atoms with Gasteiger partial charge in [0, 0.05) is 13.1 Å². The number of carboxylic acids is 1. The maximum atomic E-state index is 12.0. The first kappa shape index (κ1) is 17.2. The van der Waals surface area contributed by atoms with Crippen LogP contribution in [-0.4, -0.2) is 41.1 Å². The molecule has 108 valence electrons. The number of urea groups is 1. The van der Waals surface area contributed by atoms with Crippen LogP contribution in [0.1, 0.15) is 34.1 Å². The highest BCUT2D eigenvalue weighted by atomic mass is 16.4. The normalized spacial score (nSPS) is 12.1. The molecule has 6 heteroatoms. The summed E-state index contributed by atoms with van der Waals surface area (Å²) in [7, 11) is 0. The van der Waals surface area contributed by atoms with Crippen LogP contribution in [-0.2, 0) is 4.79 Å². The van der Waals surface area contributed by atoms with Crippen LogP contribution in [0.15, 0.2) is 0 Å². The molecule has 0 radical (unpaired) electrons. The van der Waals surface area contributed by atoms with Gasteiger partial charge in [0.05, 0.1) is 12.5 Å². The summed E-state index contributed by atoms with van der Waals surface area (Å²) in [5.41, 5.74) is 0.